The molecule has 1 aromatic rings. The molecule has 13 nitrogen and oxygen atoms in total. The Morgan fingerprint density at radius 2 is 1.77 bits per heavy atom. The first-order chi connectivity index (χ1) is 20.0. The van der Waals surface area contributed by atoms with Gasteiger partial charge in [0.1, 0.15) is 23.7 Å². The van der Waals surface area contributed by atoms with Gasteiger partial charge in [-0.3, -0.25) is 29.0 Å². The standard InChI is InChI=1S/C30H44N6O7/c1-8-12-20(23(38)26(40)33-18-22(37)32-17-19-13-9-10-15-31-19)34-25(39)21-14-11-16-36(21)27(41)24(29(2,3)4)35-28(42)43-30(5,6)7/h8-10,13,15,20-21,24H,1,11-12,14,16-18H2,2-7H3,(H,32,37)(H,33,40)(H,34,39)(H,35,42)/t20?,21-,24+/m0/s1. The minimum absolute atomic E-state index is 0.0463. The number of carbonyl (C=O) groups excluding carboxylic acids is 6. The van der Waals surface area contributed by atoms with Gasteiger partial charge in [0.05, 0.1) is 18.8 Å². The van der Waals surface area contributed by atoms with Gasteiger partial charge >= 0.3 is 6.09 Å². The Morgan fingerprint density at radius 3 is 2.35 bits per heavy atom. The Bertz CT molecular complexity index is 1190. The third-order valence-corrected chi connectivity index (χ3v) is 6.47. The largest absolute Gasteiger partial charge is 0.444 e. The van der Waals surface area contributed by atoms with Crippen LogP contribution in [0.4, 0.5) is 4.79 Å². The number of carbonyl (C=O) groups is 6. The second-order valence-corrected chi connectivity index (χ2v) is 12.4. The SMILES string of the molecule is C=CCC(NC(=O)[C@@H]1CCCN1C(=O)[C@@H](NC(=O)OC(C)(C)C)C(C)(C)C)C(=O)C(=O)NCC(=O)NCc1ccccn1. The number of likely N-dealkylation sites (tertiary alicyclic amines) is 1. The number of hydrogen-bond donors (Lipinski definition) is 4. The summed E-state index contributed by atoms with van der Waals surface area (Å²) < 4.78 is 5.33. The summed E-state index contributed by atoms with van der Waals surface area (Å²) in [6, 6.07) is 2.08. The van der Waals surface area contributed by atoms with Gasteiger partial charge in [-0.1, -0.05) is 32.9 Å². The maximum absolute atomic E-state index is 13.6. The maximum atomic E-state index is 13.6. The summed E-state index contributed by atoms with van der Waals surface area (Å²) in [5.41, 5.74) is -0.851. The first-order valence-electron chi connectivity index (χ1n) is 14.2. The summed E-state index contributed by atoms with van der Waals surface area (Å²) in [5, 5.41) is 10.1. The Hall–Kier alpha value is -4.29. The first kappa shape index (κ1) is 34.9. The van der Waals surface area contributed by atoms with Crippen LogP contribution in [0.2, 0.25) is 0 Å². The number of Topliss-reactive ketones (excluding diaryl/α,β-unsaturated/α-hetero) is 1. The molecular weight excluding hydrogens is 556 g/mol. The van der Waals surface area contributed by atoms with Gasteiger partial charge in [-0.25, -0.2) is 4.79 Å². The fourth-order valence-corrected chi connectivity index (χ4v) is 4.37. The number of nitrogens with one attached hydrogen (secondary N) is 4. The van der Waals surface area contributed by atoms with Crippen molar-refractivity contribution in [3.05, 3.63) is 42.7 Å². The van der Waals surface area contributed by atoms with Crippen molar-refractivity contribution < 1.29 is 33.5 Å². The van der Waals surface area contributed by atoms with E-state index >= 15 is 0 Å². The second kappa shape index (κ2) is 15.3. The highest BCUT2D eigenvalue weighted by molar-refractivity contribution is 6.38. The number of aromatic nitrogens is 1. The zero-order chi connectivity index (χ0) is 32.4. The quantitative estimate of drug-likeness (QED) is 0.205. The predicted molar refractivity (Wildman–Crippen MR) is 158 cm³/mol. The smallest absolute Gasteiger partial charge is 0.408 e. The molecule has 13 heteroatoms. The van der Waals surface area contributed by atoms with Gasteiger partial charge in [0.25, 0.3) is 5.91 Å². The first-order valence-corrected chi connectivity index (χ1v) is 14.2. The fourth-order valence-electron chi connectivity index (χ4n) is 4.37. The molecule has 0 aromatic carbocycles. The molecule has 1 aliphatic rings. The van der Waals surface area contributed by atoms with Crippen LogP contribution < -0.4 is 21.3 Å². The highest BCUT2D eigenvalue weighted by Crippen LogP contribution is 2.26. The number of hydrogen-bond acceptors (Lipinski definition) is 8. The lowest BCUT2D eigenvalue weighted by Gasteiger charge is -2.36. The Labute approximate surface area is 252 Å². The number of alkyl carbamates (subject to hydrolysis) is 1. The molecule has 0 radical (unpaired) electrons. The van der Waals surface area contributed by atoms with Crippen LogP contribution in [0.5, 0.6) is 0 Å². The molecule has 1 aliphatic heterocycles. The van der Waals surface area contributed by atoms with Gasteiger partial charge in [0.2, 0.25) is 23.5 Å². The highest BCUT2D eigenvalue weighted by Gasteiger charge is 2.43. The number of nitrogens with zero attached hydrogens (tertiary/aromatic N) is 2. The molecule has 1 fully saturated rings. The Balaban J connectivity index is 2.03. The van der Waals surface area contributed by atoms with Gasteiger partial charge in [-0.05, 0) is 57.6 Å². The third-order valence-electron chi connectivity index (χ3n) is 6.47. The van der Waals surface area contributed by atoms with Gasteiger partial charge in [-0.2, -0.15) is 0 Å². The molecule has 1 aromatic heterocycles. The van der Waals surface area contributed by atoms with Crippen LogP contribution >= 0.6 is 0 Å². The van der Waals surface area contributed by atoms with E-state index in [1.807, 2.05) is 0 Å². The maximum Gasteiger partial charge on any atom is 0.408 e. The van der Waals surface area contributed by atoms with Crippen molar-refractivity contribution in [3.63, 3.8) is 0 Å². The highest BCUT2D eigenvalue weighted by atomic mass is 16.6. The molecule has 1 saturated heterocycles. The summed E-state index contributed by atoms with van der Waals surface area (Å²) >= 11 is 0. The molecule has 0 aliphatic carbocycles. The third kappa shape index (κ3) is 11.1. The van der Waals surface area contributed by atoms with E-state index < -0.39 is 71.2 Å². The number of rotatable bonds is 12. The monoisotopic (exact) mass is 600 g/mol. The Kier molecular flexibility index (Phi) is 12.4. The molecule has 2 heterocycles. The lowest BCUT2D eigenvalue weighted by molar-refractivity contribution is -0.144. The van der Waals surface area contributed by atoms with Crippen molar-refractivity contribution in [2.24, 2.45) is 5.41 Å². The van der Waals surface area contributed by atoms with E-state index in [1.165, 1.54) is 11.0 Å². The summed E-state index contributed by atoms with van der Waals surface area (Å²) in [6.07, 6.45) is 3.03. The van der Waals surface area contributed by atoms with E-state index in [4.69, 9.17) is 4.74 Å². The number of ketones is 1. The van der Waals surface area contributed by atoms with E-state index in [1.54, 1.807) is 65.9 Å². The van der Waals surface area contributed by atoms with Crippen molar-refractivity contribution >= 4 is 35.5 Å². The summed E-state index contributed by atoms with van der Waals surface area (Å²) in [5.74, 6) is -3.60. The van der Waals surface area contributed by atoms with E-state index in [-0.39, 0.29) is 19.5 Å². The fraction of sp³-hybridized carbons (Fsp3) is 0.567. The lowest BCUT2D eigenvalue weighted by atomic mass is 9.85. The minimum atomic E-state index is -1.25. The number of amides is 5. The van der Waals surface area contributed by atoms with Crippen LogP contribution in [-0.2, 0) is 35.3 Å². The van der Waals surface area contributed by atoms with Crippen LogP contribution in [0.3, 0.4) is 0 Å². The van der Waals surface area contributed by atoms with E-state index in [9.17, 15) is 28.8 Å². The van der Waals surface area contributed by atoms with Crippen molar-refractivity contribution in [1.29, 1.82) is 0 Å². The van der Waals surface area contributed by atoms with E-state index in [0.717, 1.165) is 0 Å². The molecule has 43 heavy (non-hydrogen) atoms. The molecule has 1 unspecified atom stereocenters. The van der Waals surface area contributed by atoms with Crippen molar-refractivity contribution in [1.82, 2.24) is 31.2 Å². The van der Waals surface area contributed by atoms with Crippen molar-refractivity contribution in [2.75, 3.05) is 13.1 Å². The summed E-state index contributed by atoms with van der Waals surface area (Å²) in [4.78, 5) is 82.5. The minimum Gasteiger partial charge on any atom is -0.444 e. The zero-order valence-electron chi connectivity index (χ0n) is 25.8. The zero-order valence-corrected chi connectivity index (χ0v) is 25.8. The molecule has 0 bridgehead atoms. The molecular formula is C30H44N6O7. The van der Waals surface area contributed by atoms with Gasteiger partial charge < -0.3 is 30.9 Å². The van der Waals surface area contributed by atoms with Gasteiger partial charge in [0, 0.05) is 12.7 Å². The topological polar surface area (TPSA) is 176 Å². The normalized spacial score (nSPS) is 16.3. The van der Waals surface area contributed by atoms with Gasteiger partial charge in [0.15, 0.2) is 0 Å². The average molecular weight is 601 g/mol. The van der Waals surface area contributed by atoms with Crippen LogP contribution in [0.1, 0.15) is 66.5 Å². The predicted octanol–water partition coefficient (Wildman–Crippen LogP) is 1.37. The number of ether oxygens (including phenoxy) is 1. The van der Waals surface area contributed by atoms with Gasteiger partial charge in [-0.15, -0.1) is 6.58 Å². The molecule has 2 rings (SSSR count). The van der Waals surface area contributed by atoms with Crippen molar-refractivity contribution in [3.8, 4) is 0 Å². The van der Waals surface area contributed by atoms with Crippen LogP contribution in [-0.4, -0.2) is 82.2 Å². The van der Waals surface area contributed by atoms with Crippen LogP contribution in [0, 0.1) is 5.41 Å². The summed E-state index contributed by atoms with van der Waals surface area (Å²) in [6.45, 7) is 14.1. The second-order valence-electron chi connectivity index (χ2n) is 12.4. The molecule has 5 amide bonds. The molecule has 0 saturated carbocycles. The summed E-state index contributed by atoms with van der Waals surface area (Å²) in [7, 11) is 0. The average Bonchev–Trinajstić information content (AvgIpc) is 3.42. The Morgan fingerprint density at radius 1 is 1.07 bits per heavy atom. The molecule has 236 valence electrons. The van der Waals surface area contributed by atoms with E-state index in [2.05, 4.69) is 32.8 Å². The van der Waals surface area contributed by atoms with Crippen LogP contribution in [0.25, 0.3) is 0 Å². The van der Waals surface area contributed by atoms with E-state index in [0.29, 0.717) is 18.5 Å². The van der Waals surface area contributed by atoms with Crippen LogP contribution in [0.15, 0.2) is 37.1 Å². The molecule has 0 spiro atoms. The van der Waals surface area contributed by atoms with Crippen molar-refractivity contribution in [2.45, 2.75) is 91.1 Å². The number of pyridine rings is 1. The molecule has 4 N–H and O–H groups in total. The lowest BCUT2D eigenvalue weighted by Crippen LogP contribution is -2.59. The molecule has 3 atom stereocenters.